The molecule has 1 aromatic heterocycles. The van der Waals surface area contributed by atoms with Crippen molar-refractivity contribution in [1.82, 2.24) is 9.97 Å². The van der Waals surface area contributed by atoms with E-state index >= 15 is 0 Å². The number of allylic oxidation sites excluding steroid dienone is 1. The number of nitrogens with one attached hydrogen (secondary N) is 1. The molecule has 0 unspecified atom stereocenters. The normalized spacial score (nSPS) is 10.1. The Kier molecular flexibility index (Phi) is 5.61. The number of ether oxygens (including phenoxy) is 2. The molecule has 0 radical (unpaired) electrons. The van der Waals surface area contributed by atoms with Crippen molar-refractivity contribution in [3.05, 3.63) is 53.5 Å². The molecule has 1 N–H and O–H groups in total. The van der Waals surface area contributed by atoms with Crippen LogP contribution in [0.15, 0.2) is 37.2 Å². The maximum Gasteiger partial charge on any atom is 0.164 e. The zero-order valence-electron chi connectivity index (χ0n) is 12.6. The minimum absolute atomic E-state index is 0.352. The van der Waals surface area contributed by atoms with E-state index in [0.717, 1.165) is 16.9 Å². The molecule has 0 saturated carbocycles. The van der Waals surface area contributed by atoms with Crippen LogP contribution in [0.1, 0.15) is 11.1 Å². The first-order valence-electron chi connectivity index (χ1n) is 6.74. The zero-order valence-corrected chi connectivity index (χ0v) is 13.4. The van der Waals surface area contributed by atoms with E-state index in [-0.39, 0.29) is 0 Å². The number of aromatic nitrogens is 2. The number of hydrogen-bond acceptors (Lipinski definition) is 5. The quantitative estimate of drug-likeness (QED) is 0.792. The molecule has 1 heterocycles. The summed E-state index contributed by atoms with van der Waals surface area (Å²) in [6.07, 6.45) is 5.64. The summed E-state index contributed by atoms with van der Waals surface area (Å²) < 4.78 is 10.8. The van der Waals surface area contributed by atoms with E-state index in [1.807, 2.05) is 18.2 Å². The molecule has 2 rings (SSSR count). The lowest BCUT2D eigenvalue weighted by atomic mass is 10.1. The summed E-state index contributed by atoms with van der Waals surface area (Å²) in [6.45, 7) is 4.34. The summed E-state index contributed by atoms with van der Waals surface area (Å²) in [5.74, 6) is 2.04. The highest BCUT2D eigenvalue weighted by molar-refractivity contribution is 6.29. The van der Waals surface area contributed by atoms with Crippen molar-refractivity contribution >= 4 is 17.4 Å². The van der Waals surface area contributed by atoms with E-state index in [2.05, 4.69) is 21.9 Å². The molecule has 0 aliphatic heterocycles. The maximum absolute atomic E-state index is 5.82. The minimum atomic E-state index is 0.352. The van der Waals surface area contributed by atoms with Crippen molar-refractivity contribution in [3.63, 3.8) is 0 Å². The van der Waals surface area contributed by atoms with Gasteiger partial charge in [0.15, 0.2) is 11.5 Å². The Hall–Kier alpha value is -2.27. The molecule has 0 saturated heterocycles. The lowest BCUT2D eigenvalue weighted by molar-refractivity contribution is 0.352. The highest BCUT2D eigenvalue weighted by Gasteiger charge is 2.11. The molecule has 1 aromatic carbocycles. The zero-order chi connectivity index (χ0) is 15.9. The molecule has 0 aliphatic rings. The molecule has 0 bridgehead atoms. The van der Waals surface area contributed by atoms with Crippen molar-refractivity contribution in [1.29, 1.82) is 0 Å². The van der Waals surface area contributed by atoms with Crippen LogP contribution in [-0.4, -0.2) is 24.2 Å². The molecular weight excluding hydrogens is 302 g/mol. The third kappa shape index (κ3) is 3.89. The number of halogens is 1. The van der Waals surface area contributed by atoms with Crippen molar-refractivity contribution in [3.8, 4) is 11.5 Å². The summed E-state index contributed by atoms with van der Waals surface area (Å²) in [4.78, 5) is 8.13. The van der Waals surface area contributed by atoms with Gasteiger partial charge < -0.3 is 14.8 Å². The van der Waals surface area contributed by atoms with Crippen LogP contribution < -0.4 is 14.8 Å². The molecular formula is C16H18ClN3O2. The Morgan fingerprint density at radius 2 is 2.09 bits per heavy atom. The number of methoxy groups -OCH3 is 2. The predicted molar refractivity (Wildman–Crippen MR) is 87.8 cm³/mol. The lowest BCUT2D eigenvalue weighted by Gasteiger charge is -2.15. The number of hydrogen-bond donors (Lipinski definition) is 1. The lowest BCUT2D eigenvalue weighted by Crippen LogP contribution is -2.04. The van der Waals surface area contributed by atoms with E-state index in [1.165, 1.54) is 6.20 Å². The van der Waals surface area contributed by atoms with Crippen LogP contribution in [-0.2, 0) is 13.0 Å². The molecule has 2 aromatic rings. The Balaban J connectivity index is 2.23. The Labute approximate surface area is 135 Å². The average Bonchev–Trinajstić information content (AvgIpc) is 2.52. The topological polar surface area (TPSA) is 56.3 Å². The van der Waals surface area contributed by atoms with Crippen LogP contribution in [0.3, 0.4) is 0 Å². The van der Waals surface area contributed by atoms with Gasteiger partial charge in [-0.3, -0.25) is 4.98 Å². The number of rotatable bonds is 7. The molecule has 6 heteroatoms. The van der Waals surface area contributed by atoms with Gasteiger partial charge in [-0.1, -0.05) is 17.7 Å². The Morgan fingerprint density at radius 3 is 2.73 bits per heavy atom. The summed E-state index contributed by atoms with van der Waals surface area (Å²) >= 11 is 5.82. The third-order valence-corrected chi connectivity index (χ3v) is 3.24. The van der Waals surface area contributed by atoms with Gasteiger partial charge in [-0.05, 0) is 24.1 Å². The minimum Gasteiger partial charge on any atom is -0.493 e. The molecule has 0 aliphatic carbocycles. The van der Waals surface area contributed by atoms with Crippen molar-refractivity contribution in [2.75, 3.05) is 19.5 Å². The van der Waals surface area contributed by atoms with Crippen LogP contribution in [0.4, 0.5) is 5.82 Å². The summed E-state index contributed by atoms with van der Waals surface area (Å²) in [6, 6.07) is 3.98. The number of anilines is 1. The largest absolute Gasteiger partial charge is 0.493 e. The van der Waals surface area contributed by atoms with E-state index < -0.39 is 0 Å². The first kappa shape index (κ1) is 16.1. The molecule has 0 amide bonds. The van der Waals surface area contributed by atoms with Crippen LogP contribution in [0.25, 0.3) is 0 Å². The molecule has 5 nitrogen and oxygen atoms in total. The Bertz CT molecular complexity index is 662. The second kappa shape index (κ2) is 7.66. The van der Waals surface area contributed by atoms with Gasteiger partial charge in [0, 0.05) is 12.1 Å². The SMILES string of the molecule is C=CCc1cc(CNc2cncc(Cl)n2)cc(OC)c1OC. The van der Waals surface area contributed by atoms with Gasteiger partial charge in [0.25, 0.3) is 0 Å². The standard InChI is InChI=1S/C16H18ClN3O2/c1-4-5-12-6-11(7-13(21-2)16(12)22-3)8-19-15-10-18-9-14(17)20-15/h4,6-7,9-10H,1,5,8H2,2-3H3,(H,19,20). The van der Waals surface area contributed by atoms with Crippen LogP contribution in [0.5, 0.6) is 11.5 Å². The van der Waals surface area contributed by atoms with Gasteiger partial charge in [0.05, 0.1) is 26.6 Å². The summed E-state index contributed by atoms with van der Waals surface area (Å²) in [5, 5.41) is 3.53. The highest BCUT2D eigenvalue weighted by atomic mass is 35.5. The third-order valence-electron chi connectivity index (χ3n) is 3.06. The monoisotopic (exact) mass is 319 g/mol. The average molecular weight is 320 g/mol. The molecule has 116 valence electrons. The van der Waals surface area contributed by atoms with Crippen molar-refractivity contribution in [2.24, 2.45) is 0 Å². The van der Waals surface area contributed by atoms with Gasteiger partial charge in [0.1, 0.15) is 11.0 Å². The maximum atomic E-state index is 5.82. The fourth-order valence-corrected chi connectivity index (χ4v) is 2.28. The van der Waals surface area contributed by atoms with E-state index in [0.29, 0.717) is 29.7 Å². The van der Waals surface area contributed by atoms with Crippen molar-refractivity contribution in [2.45, 2.75) is 13.0 Å². The second-order valence-corrected chi connectivity index (χ2v) is 4.95. The predicted octanol–water partition coefficient (Wildman–Crippen LogP) is 3.49. The molecule has 0 atom stereocenters. The first-order valence-corrected chi connectivity index (χ1v) is 7.11. The van der Waals surface area contributed by atoms with Gasteiger partial charge in [-0.2, -0.15) is 0 Å². The second-order valence-electron chi connectivity index (χ2n) is 4.56. The van der Waals surface area contributed by atoms with Gasteiger partial charge in [-0.25, -0.2) is 4.98 Å². The fraction of sp³-hybridized carbons (Fsp3) is 0.250. The number of nitrogens with zero attached hydrogens (tertiary/aromatic N) is 2. The summed E-state index contributed by atoms with van der Waals surface area (Å²) in [7, 11) is 3.25. The summed E-state index contributed by atoms with van der Waals surface area (Å²) in [5.41, 5.74) is 2.06. The van der Waals surface area contributed by atoms with E-state index in [9.17, 15) is 0 Å². The Morgan fingerprint density at radius 1 is 1.27 bits per heavy atom. The van der Waals surface area contributed by atoms with Gasteiger partial charge in [-0.15, -0.1) is 6.58 Å². The molecule has 0 spiro atoms. The van der Waals surface area contributed by atoms with Crippen LogP contribution >= 0.6 is 11.6 Å². The van der Waals surface area contributed by atoms with Crippen LogP contribution in [0, 0.1) is 0 Å². The van der Waals surface area contributed by atoms with Crippen molar-refractivity contribution < 1.29 is 9.47 Å². The van der Waals surface area contributed by atoms with Gasteiger partial charge in [0.2, 0.25) is 0 Å². The van der Waals surface area contributed by atoms with E-state index in [4.69, 9.17) is 21.1 Å². The molecule has 0 fully saturated rings. The molecule has 22 heavy (non-hydrogen) atoms. The van der Waals surface area contributed by atoms with Crippen LogP contribution in [0.2, 0.25) is 5.15 Å². The first-order chi connectivity index (χ1) is 10.7. The number of benzene rings is 1. The van der Waals surface area contributed by atoms with Gasteiger partial charge >= 0.3 is 0 Å². The fourth-order valence-electron chi connectivity index (χ4n) is 2.14. The van der Waals surface area contributed by atoms with E-state index in [1.54, 1.807) is 20.4 Å². The highest BCUT2D eigenvalue weighted by Crippen LogP contribution is 2.33. The smallest absolute Gasteiger partial charge is 0.164 e.